The molecule has 0 bridgehead atoms. The topological polar surface area (TPSA) is 42.7 Å². The number of imidazole rings is 1. The Labute approximate surface area is 131 Å². The molecule has 5 nitrogen and oxygen atoms in total. The first kappa shape index (κ1) is 14.8. The molecule has 1 aliphatic heterocycles. The van der Waals surface area contributed by atoms with Crippen molar-refractivity contribution < 1.29 is 4.84 Å². The van der Waals surface area contributed by atoms with Gasteiger partial charge in [0, 0.05) is 38.4 Å². The van der Waals surface area contributed by atoms with Crippen molar-refractivity contribution in [1.29, 1.82) is 0 Å². The Hall–Kier alpha value is -2.14. The molecule has 0 amide bonds. The van der Waals surface area contributed by atoms with Crippen LogP contribution in [0.2, 0.25) is 0 Å². The minimum absolute atomic E-state index is 0.143. The summed E-state index contributed by atoms with van der Waals surface area (Å²) in [6.07, 6.45) is 4.88. The van der Waals surface area contributed by atoms with Crippen molar-refractivity contribution in [2.75, 3.05) is 20.1 Å². The van der Waals surface area contributed by atoms with E-state index in [-0.39, 0.29) is 6.10 Å². The molecule has 1 aromatic carbocycles. The fourth-order valence-electron chi connectivity index (χ4n) is 2.68. The smallest absolute Gasteiger partial charge is 0.145 e. The number of aromatic nitrogens is 2. The monoisotopic (exact) mass is 298 g/mol. The van der Waals surface area contributed by atoms with Crippen LogP contribution in [0.25, 0.3) is 0 Å². The number of aryl methyl sites for hydroxylation is 1. The van der Waals surface area contributed by atoms with E-state index in [2.05, 4.69) is 38.8 Å². The molecule has 0 saturated carbocycles. The van der Waals surface area contributed by atoms with Crippen LogP contribution in [-0.2, 0) is 11.4 Å². The summed E-state index contributed by atoms with van der Waals surface area (Å²) in [5, 5.41) is 4.24. The number of nitrogens with zero attached hydrogens (tertiary/aromatic N) is 4. The minimum Gasteiger partial charge on any atom is -0.390 e. The van der Waals surface area contributed by atoms with E-state index in [1.54, 1.807) is 0 Å². The Bertz CT molecular complexity index is 635. The maximum Gasteiger partial charge on any atom is 0.145 e. The van der Waals surface area contributed by atoms with Gasteiger partial charge in [-0.3, -0.25) is 0 Å². The largest absolute Gasteiger partial charge is 0.390 e. The average Bonchev–Trinajstić information content (AvgIpc) is 3.15. The Balaban J connectivity index is 1.46. The normalized spacial score (nSPS) is 17.6. The SMILES string of the molecule is Cc1nccn1CCN(C)C[C@@H]1CC(c2ccccc2)=NO1. The third-order valence-electron chi connectivity index (χ3n) is 4.00. The summed E-state index contributed by atoms with van der Waals surface area (Å²) in [7, 11) is 2.12. The summed E-state index contributed by atoms with van der Waals surface area (Å²) in [6.45, 7) is 4.83. The third-order valence-corrected chi connectivity index (χ3v) is 4.00. The second-order valence-electron chi connectivity index (χ2n) is 5.77. The van der Waals surface area contributed by atoms with Crippen LogP contribution >= 0.6 is 0 Å². The molecular formula is C17H22N4O. The lowest BCUT2D eigenvalue weighted by atomic mass is 10.1. The van der Waals surface area contributed by atoms with Gasteiger partial charge in [-0.05, 0) is 19.5 Å². The van der Waals surface area contributed by atoms with Crippen molar-refractivity contribution in [3.63, 3.8) is 0 Å². The van der Waals surface area contributed by atoms with Crippen LogP contribution < -0.4 is 0 Å². The van der Waals surface area contributed by atoms with Crippen molar-refractivity contribution in [2.45, 2.75) is 26.0 Å². The number of hydrogen-bond acceptors (Lipinski definition) is 4. The molecule has 2 aromatic rings. The van der Waals surface area contributed by atoms with Crippen molar-refractivity contribution in [3.8, 4) is 0 Å². The first-order valence-electron chi connectivity index (χ1n) is 7.67. The predicted octanol–water partition coefficient (Wildman–Crippen LogP) is 2.32. The Morgan fingerprint density at radius 1 is 1.32 bits per heavy atom. The van der Waals surface area contributed by atoms with Crippen LogP contribution in [0.4, 0.5) is 0 Å². The predicted molar refractivity (Wildman–Crippen MR) is 86.9 cm³/mol. The first-order valence-corrected chi connectivity index (χ1v) is 7.67. The molecule has 0 fully saturated rings. The van der Waals surface area contributed by atoms with Gasteiger partial charge in [0.15, 0.2) is 0 Å². The van der Waals surface area contributed by atoms with Crippen molar-refractivity contribution >= 4 is 5.71 Å². The number of benzene rings is 1. The van der Waals surface area contributed by atoms with Gasteiger partial charge in [-0.1, -0.05) is 35.5 Å². The molecule has 5 heteroatoms. The highest BCUT2D eigenvalue weighted by molar-refractivity contribution is 6.01. The summed E-state index contributed by atoms with van der Waals surface area (Å²) in [5.41, 5.74) is 2.20. The summed E-state index contributed by atoms with van der Waals surface area (Å²) in [5.74, 6) is 1.06. The summed E-state index contributed by atoms with van der Waals surface area (Å²) >= 11 is 0. The molecule has 0 radical (unpaired) electrons. The molecular weight excluding hydrogens is 276 g/mol. The highest BCUT2D eigenvalue weighted by Gasteiger charge is 2.23. The van der Waals surface area contributed by atoms with Gasteiger partial charge in [-0.15, -0.1) is 0 Å². The van der Waals surface area contributed by atoms with Crippen molar-refractivity contribution in [3.05, 3.63) is 54.1 Å². The van der Waals surface area contributed by atoms with E-state index in [0.717, 1.165) is 43.2 Å². The Morgan fingerprint density at radius 2 is 2.14 bits per heavy atom. The molecule has 0 saturated heterocycles. The summed E-state index contributed by atoms with van der Waals surface area (Å²) in [6, 6.07) is 10.2. The van der Waals surface area contributed by atoms with Crippen molar-refractivity contribution in [2.24, 2.45) is 5.16 Å². The van der Waals surface area contributed by atoms with Crippen molar-refractivity contribution in [1.82, 2.24) is 14.5 Å². The van der Waals surface area contributed by atoms with Crippen LogP contribution in [0.1, 0.15) is 17.8 Å². The average molecular weight is 298 g/mol. The molecule has 22 heavy (non-hydrogen) atoms. The summed E-state index contributed by atoms with van der Waals surface area (Å²) in [4.78, 5) is 12.1. The molecule has 3 rings (SSSR count). The molecule has 1 aliphatic rings. The fourth-order valence-corrected chi connectivity index (χ4v) is 2.68. The maximum absolute atomic E-state index is 5.58. The second kappa shape index (κ2) is 6.75. The standard InChI is InChI=1S/C17H22N4O/c1-14-18-8-9-21(14)11-10-20(2)13-16-12-17(19-22-16)15-6-4-3-5-7-15/h3-9,16H,10-13H2,1-2H3/t16-/m0/s1. The minimum atomic E-state index is 0.143. The summed E-state index contributed by atoms with van der Waals surface area (Å²) < 4.78 is 2.16. The molecule has 0 aliphatic carbocycles. The fraction of sp³-hybridized carbons (Fsp3) is 0.412. The third kappa shape index (κ3) is 3.54. The number of rotatable bonds is 6. The van der Waals surface area contributed by atoms with Gasteiger partial charge in [-0.25, -0.2) is 4.98 Å². The molecule has 2 heterocycles. The number of likely N-dealkylation sites (N-methyl/N-ethyl adjacent to an activating group) is 1. The molecule has 0 unspecified atom stereocenters. The lowest BCUT2D eigenvalue weighted by molar-refractivity contribution is 0.0586. The van der Waals surface area contributed by atoms with E-state index in [9.17, 15) is 0 Å². The van der Waals surface area contributed by atoms with E-state index in [4.69, 9.17) is 4.84 Å². The van der Waals surface area contributed by atoms with Crippen LogP contribution in [0.15, 0.2) is 47.9 Å². The Morgan fingerprint density at radius 3 is 2.86 bits per heavy atom. The zero-order valence-electron chi connectivity index (χ0n) is 13.1. The van der Waals surface area contributed by atoms with Crippen LogP contribution in [0.3, 0.4) is 0 Å². The lowest BCUT2D eigenvalue weighted by Crippen LogP contribution is -2.32. The van der Waals surface area contributed by atoms with E-state index in [0.29, 0.717) is 0 Å². The van der Waals surface area contributed by atoms with Gasteiger partial charge in [-0.2, -0.15) is 0 Å². The van der Waals surface area contributed by atoms with E-state index in [1.165, 1.54) is 0 Å². The Kier molecular flexibility index (Phi) is 4.53. The quantitative estimate of drug-likeness (QED) is 0.822. The van der Waals surface area contributed by atoms with E-state index >= 15 is 0 Å². The lowest BCUT2D eigenvalue weighted by Gasteiger charge is -2.20. The van der Waals surface area contributed by atoms with Gasteiger partial charge in [0.1, 0.15) is 11.9 Å². The number of oxime groups is 1. The first-order chi connectivity index (χ1) is 10.7. The van der Waals surface area contributed by atoms with Crippen LogP contribution in [0, 0.1) is 6.92 Å². The second-order valence-corrected chi connectivity index (χ2v) is 5.77. The van der Waals surface area contributed by atoms with E-state index < -0.39 is 0 Å². The van der Waals surface area contributed by atoms with Crippen LogP contribution in [-0.4, -0.2) is 46.4 Å². The maximum atomic E-state index is 5.58. The zero-order valence-corrected chi connectivity index (χ0v) is 13.1. The molecule has 0 spiro atoms. The highest BCUT2D eigenvalue weighted by Crippen LogP contribution is 2.17. The zero-order chi connectivity index (χ0) is 15.4. The highest BCUT2D eigenvalue weighted by atomic mass is 16.6. The van der Waals surface area contributed by atoms with Gasteiger partial charge in [0.05, 0.1) is 5.71 Å². The van der Waals surface area contributed by atoms with Gasteiger partial charge in [0.25, 0.3) is 0 Å². The molecule has 0 N–H and O–H groups in total. The van der Waals surface area contributed by atoms with Crippen LogP contribution in [0.5, 0.6) is 0 Å². The molecule has 1 aromatic heterocycles. The van der Waals surface area contributed by atoms with Gasteiger partial charge in [0.2, 0.25) is 0 Å². The number of hydrogen-bond donors (Lipinski definition) is 0. The van der Waals surface area contributed by atoms with Gasteiger partial charge < -0.3 is 14.3 Å². The van der Waals surface area contributed by atoms with E-state index in [1.807, 2.05) is 37.5 Å². The molecule has 116 valence electrons. The molecule has 1 atom stereocenters. The van der Waals surface area contributed by atoms with Gasteiger partial charge >= 0.3 is 0 Å².